The fourth-order valence-corrected chi connectivity index (χ4v) is 4.14. The number of halogens is 1. The van der Waals surface area contributed by atoms with Gasteiger partial charge in [0.1, 0.15) is 5.52 Å². The number of carbonyl (C=O) groups is 2. The number of rotatable bonds is 7. The number of carbonyl (C=O) groups excluding carboxylic acids is 2. The third-order valence-electron chi connectivity index (χ3n) is 4.36. The van der Waals surface area contributed by atoms with Crippen LogP contribution in [0, 0.1) is 0 Å². The Labute approximate surface area is 173 Å². The number of ketones is 1. The number of aromatic nitrogens is 1. The van der Waals surface area contributed by atoms with Crippen LogP contribution in [0.3, 0.4) is 0 Å². The second-order valence-corrected chi connectivity index (χ2v) is 8.25. The molecule has 0 bridgehead atoms. The van der Waals surface area contributed by atoms with Crippen molar-refractivity contribution in [2.75, 3.05) is 32.1 Å². The lowest BCUT2D eigenvalue weighted by atomic mass is 10.1. The number of amides is 1. The summed E-state index contributed by atoms with van der Waals surface area (Å²) in [6, 6.07) is 12.4. The van der Waals surface area contributed by atoms with Gasteiger partial charge in [0.2, 0.25) is 0 Å². The lowest BCUT2D eigenvalue weighted by Crippen LogP contribution is -2.33. The van der Waals surface area contributed by atoms with Crippen LogP contribution in [0.1, 0.15) is 34.1 Å². The second-order valence-electron chi connectivity index (χ2n) is 6.83. The zero-order chi connectivity index (χ0) is 20.3. The summed E-state index contributed by atoms with van der Waals surface area (Å²) in [6.07, 6.45) is 0.813. The van der Waals surface area contributed by atoms with E-state index in [0.29, 0.717) is 33.3 Å². The van der Waals surface area contributed by atoms with Crippen molar-refractivity contribution in [1.29, 1.82) is 0 Å². The first-order valence-corrected chi connectivity index (χ1v) is 10.2. The molecule has 0 fully saturated rings. The van der Waals surface area contributed by atoms with Gasteiger partial charge in [0, 0.05) is 17.7 Å². The summed E-state index contributed by atoms with van der Waals surface area (Å²) in [6.45, 7) is 2.91. The van der Waals surface area contributed by atoms with Gasteiger partial charge in [-0.15, -0.1) is 0 Å². The topological polar surface area (TPSA) is 53.5 Å². The summed E-state index contributed by atoms with van der Waals surface area (Å²) < 4.78 is 0.944. The normalized spacial score (nSPS) is 11.2. The van der Waals surface area contributed by atoms with Gasteiger partial charge in [-0.1, -0.05) is 41.1 Å². The highest BCUT2D eigenvalue weighted by Crippen LogP contribution is 2.33. The molecule has 1 amide bonds. The Balaban J connectivity index is 1.94. The largest absolute Gasteiger partial charge is 0.309 e. The fraction of sp³-hybridized carbons (Fsp3) is 0.286. The summed E-state index contributed by atoms with van der Waals surface area (Å²) in [5.74, 6) is -0.160. The van der Waals surface area contributed by atoms with Gasteiger partial charge in [-0.05, 0) is 58.3 Å². The van der Waals surface area contributed by atoms with Crippen LogP contribution in [-0.2, 0) is 0 Å². The van der Waals surface area contributed by atoms with Gasteiger partial charge in [0.25, 0.3) is 5.91 Å². The number of fused-ring (bicyclic) bond motifs is 1. The van der Waals surface area contributed by atoms with E-state index in [4.69, 9.17) is 11.6 Å². The molecule has 146 valence electrons. The molecule has 2 aromatic carbocycles. The summed E-state index contributed by atoms with van der Waals surface area (Å²) in [4.78, 5) is 33.1. The highest BCUT2D eigenvalue weighted by atomic mass is 35.5. The Morgan fingerprint density at radius 2 is 1.71 bits per heavy atom. The predicted molar refractivity (Wildman–Crippen MR) is 116 cm³/mol. The first kappa shape index (κ1) is 20.5. The lowest BCUT2D eigenvalue weighted by Gasteiger charge is -2.21. The van der Waals surface area contributed by atoms with Crippen molar-refractivity contribution >= 4 is 50.0 Å². The van der Waals surface area contributed by atoms with Crippen LogP contribution in [0.4, 0.5) is 5.13 Å². The van der Waals surface area contributed by atoms with Crippen LogP contribution in [0.25, 0.3) is 10.2 Å². The molecule has 28 heavy (non-hydrogen) atoms. The molecule has 0 aliphatic heterocycles. The number of Topliss-reactive ketones (excluding diaryl/α,β-unsaturated/α-hetero) is 1. The maximum atomic E-state index is 13.2. The van der Waals surface area contributed by atoms with Gasteiger partial charge in [-0.25, -0.2) is 4.98 Å². The molecule has 0 N–H and O–H groups in total. The molecule has 5 nitrogen and oxygen atoms in total. The lowest BCUT2D eigenvalue weighted by molar-refractivity contribution is 0.0981. The van der Waals surface area contributed by atoms with E-state index in [1.54, 1.807) is 35.2 Å². The Morgan fingerprint density at radius 1 is 1.04 bits per heavy atom. The van der Waals surface area contributed by atoms with E-state index >= 15 is 0 Å². The van der Waals surface area contributed by atoms with E-state index < -0.39 is 0 Å². The zero-order valence-corrected chi connectivity index (χ0v) is 17.7. The molecule has 0 aliphatic rings. The van der Waals surface area contributed by atoms with Gasteiger partial charge >= 0.3 is 0 Å². The standard InChI is InChI=1S/C21H22ClN3O2S/c1-14(26)15-8-10-16(11-9-15)20(27)25(13-5-12-24(2)3)21-23-19-17(22)6-4-7-18(19)28-21/h4,6-11H,5,12-13H2,1-3H3. The van der Waals surface area contributed by atoms with Gasteiger partial charge < -0.3 is 4.90 Å². The molecule has 1 aromatic heterocycles. The monoisotopic (exact) mass is 415 g/mol. The fourth-order valence-electron chi connectivity index (χ4n) is 2.85. The first-order valence-electron chi connectivity index (χ1n) is 8.99. The van der Waals surface area contributed by atoms with Crippen LogP contribution in [-0.4, -0.2) is 48.8 Å². The Morgan fingerprint density at radius 3 is 2.32 bits per heavy atom. The number of anilines is 1. The average molecular weight is 416 g/mol. The van der Waals surface area contributed by atoms with Gasteiger partial charge in [-0.3, -0.25) is 14.5 Å². The molecule has 3 aromatic rings. The first-order chi connectivity index (χ1) is 13.4. The second kappa shape index (κ2) is 8.82. The summed E-state index contributed by atoms with van der Waals surface area (Å²) in [5, 5.41) is 1.20. The molecule has 0 unspecified atom stereocenters. The van der Waals surface area contributed by atoms with Crippen LogP contribution >= 0.6 is 22.9 Å². The third-order valence-corrected chi connectivity index (χ3v) is 5.71. The molecule has 0 saturated heterocycles. The number of benzene rings is 2. The van der Waals surface area contributed by atoms with Crippen LogP contribution in [0.15, 0.2) is 42.5 Å². The minimum Gasteiger partial charge on any atom is -0.309 e. The third kappa shape index (κ3) is 4.58. The van der Waals surface area contributed by atoms with E-state index in [0.717, 1.165) is 17.7 Å². The number of para-hydroxylation sites is 1. The van der Waals surface area contributed by atoms with E-state index in [2.05, 4.69) is 9.88 Å². The average Bonchev–Trinajstić information content (AvgIpc) is 3.10. The zero-order valence-electron chi connectivity index (χ0n) is 16.1. The predicted octanol–water partition coefficient (Wildman–Crippen LogP) is 4.75. The van der Waals surface area contributed by atoms with Crippen LogP contribution < -0.4 is 4.90 Å². The van der Waals surface area contributed by atoms with Crippen molar-refractivity contribution in [2.24, 2.45) is 0 Å². The van der Waals surface area contributed by atoms with E-state index in [1.165, 1.54) is 18.3 Å². The van der Waals surface area contributed by atoms with Crippen molar-refractivity contribution in [2.45, 2.75) is 13.3 Å². The molecule has 0 spiro atoms. The van der Waals surface area contributed by atoms with Crippen molar-refractivity contribution in [3.8, 4) is 0 Å². The quantitative estimate of drug-likeness (QED) is 0.522. The molecule has 0 atom stereocenters. The van der Waals surface area contributed by atoms with E-state index in [-0.39, 0.29) is 11.7 Å². The molecule has 0 saturated carbocycles. The number of thiazole rings is 1. The number of hydrogen-bond acceptors (Lipinski definition) is 5. The molecule has 3 rings (SSSR count). The van der Waals surface area contributed by atoms with Gasteiger partial charge in [-0.2, -0.15) is 0 Å². The highest BCUT2D eigenvalue weighted by molar-refractivity contribution is 7.22. The van der Waals surface area contributed by atoms with Crippen molar-refractivity contribution in [1.82, 2.24) is 9.88 Å². The molecule has 0 radical (unpaired) electrons. The SMILES string of the molecule is CC(=O)c1ccc(C(=O)N(CCCN(C)C)c2nc3c(Cl)cccc3s2)cc1. The molecular formula is C21H22ClN3O2S. The highest BCUT2D eigenvalue weighted by Gasteiger charge is 2.22. The van der Waals surface area contributed by atoms with Gasteiger partial charge in [0.05, 0.1) is 9.72 Å². The van der Waals surface area contributed by atoms with Crippen molar-refractivity contribution in [3.63, 3.8) is 0 Å². The van der Waals surface area contributed by atoms with E-state index in [9.17, 15) is 9.59 Å². The van der Waals surface area contributed by atoms with Crippen LogP contribution in [0.5, 0.6) is 0 Å². The van der Waals surface area contributed by atoms with Crippen LogP contribution in [0.2, 0.25) is 5.02 Å². The smallest absolute Gasteiger partial charge is 0.260 e. The summed E-state index contributed by atoms with van der Waals surface area (Å²) in [5.41, 5.74) is 1.82. The summed E-state index contributed by atoms with van der Waals surface area (Å²) >= 11 is 7.72. The van der Waals surface area contributed by atoms with Crippen molar-refractivity contribution in [3.05, 3.63) is 58.6 Å². The molecule has 0 aliphatic carbocycles. The maximum Gasteiger partial charge on any atom is 0.260 e. The Bertz CT molecular complexity index is 999. The minimum atomic E-state index is -0.135. The van der Waals surface area contributed by atoms with Gasteiger partial charge in [0.15, 0.2) is 10.9 Å². The molecular weight excluding hydrogens is 394 g/mol. The maximum absolute atomic E-state index is 13.2. The van der Waals surface area contributed by atoms with Crippen molar-refractivity contribution < 1.29 is 9.59 Å². The Hall–Kier alpha value is -2.28. The number of hydrogen-bond donors (Lipinski definition) is 0. The Kier molecular flexibility index (Phi) is 6.44. The minimum absolute atomic E-state index is 0.0253. The number of nitrogens with zero attached hydrogens (tertiary/aromatic N) is 3. The summed E-state index contributed by atoms with van der Waals surface area (Å²) in [7, 11) is 4.01. The van der Waals surface area contributed by atoms with E-state index in [1.807, 2.05) is 26.2 Å². The molecule has 7 heteroatoms. The molecule has 1 heterocycles.